The number of fused-ring (bicyclic) bond motifs is 2. The van der Waals surface area contributed by atoms with Gasteiger partial charge in [0, 0.05) is 16.5 Å². The van der Waals surface area contributed by atoms with E-state index in [1.807, 2.05) is 0 Å². The van der Waals surface area contributed by atoms with Gasteiger partial charge in [0.1, 0.15) is 23.4 Å². The Hall–Kier alpha value is -3.44. The van der Waals surface area contributed by atoms with Crippen molar-refractivity contribution >= 4 is 46.5 Å². The van der Waals surface area contributed by atoms with Crippen LogP contribution in [0.5, 0.6) is 5.75 Å². The molecule has 174 valence electrons. The van der Waals surface area contributed by atoms with Crippen LogP contribution in [0.3, 0.4) is 0 Å². The number of aromatic nitrogens is 1. The average Bonchev–Trinajstić information content (AvgIpc) is 3.28. The van der Waals surface area contributed by atoms with Crippen LogP contribution >= 0.6 is 23.1 Å². The molecule has 5 rings (SSSR count). The van der Waals surface area contributed by atoms with Crippen molar-refractivity contribution in [3.8, 4) is 5.75 Å². The van der Waals surface area contributed by atoms with Crippen LogP contribution in [0, 0.1) is 11.7 Å². The van der Waals surface area contributed by atoms with Gasteiger partial charge in [0.15, 0.2) is 0 Å². The van der Waals surface area contributed by atoms with Crippen LogP contribution in [0.1, 0.15) is 16.4 Å². The summed E-state index contributed by atoms with van der Waals surface area (Å²) in [5, 5.41) is 4.83. The molecule has 8 nitrogen and oxygen atoms in total. The number of rotatable bonds is 5. The number of carbonyl (C=O) groups excluding carboxylic acids is 3. The maximum atomic E-state index is 13.5. The van der Waals surface area contributed by atoms with E-state index < -0.39 is 40.6 Å². The molecule has 0 spiro atoms. The van der Waals surface area contributed by atoms with Gasteiger partial charge in [-0.15, -0.1) is 0 Å². The first-order chi connectivity index (χ1) is 16.4. The molecule has 2 aliphatic rings. The van der Waals surface area contributed by atoms with Crippen LogP contribution in [0.15, 0.2) is 58.4 Å². The molecule has 0 aliphatic carbocycles. The Labute approximate surface area is 201 Å². The Morgan fingerprint density at radius 1 is 1.09 bits per heavy atom. The monoisotopic (exact) mass is 499 g/mol. The molecule has 3 amide bonds. The van der Waals surface area contributed by atoms with Crippen LogP contribution in [-0.4, -0.2) is 34.6 Å². The number of methoxy groups -OCH3 is 1. The van der Waals surface area contributed by atoms with E-state index in [-0.39, 0.29) is 11.4 Å². The maximum absolute atomic E-state index is 13.5. The van der Waals surface area contributed by atoms with Crippen molar-refractivity contribution in [2.45, 2.75) is 22.7 Å². The van der Waals surface area contributed by atoms with Gasteiger partial charge in [-0.25, -0.2) is 4.39 Å². The Kier molecular flexibility index (Phi) is 5.74. The standard InChI is InChI=1S/C23H18FN3O5S2/c1-32-14-8-6-13(7-9-14)25-15(28)10-27-22-19(34-23(27)31)16(11-2-4-12(24)5-3-11)17-18(33-22)21(30)26-20(17)29/h2-9,16-18H,10H2,1H3,(H,25,28)(H,26,29,30)/t16-,17+,18-/m0/s1. The number of hydrogen-bond donors (Lipinski definition) is 2. The molecule has 1 fully saturated rings. The molecule has 1 aromatic heterocycles. The topological polar surface area (TPSA) is 106 Å². The lowest BCUT2D eigenvalue weighted by molar-refractivity contribution is -0.126. The zero-order chi connectivity index (χ0) is 24.0. The fraction of sp³-hybridized carbons (Fsp3) is 0.217. The third kappa shape index (κ3) is 3.90. The number of anilines is 1. The summed E-state index contributed by atoms with van der Waals surface area (Å²) < 4.78 is 20.0. The zero-order valence-corrected chi connectivity index (χ0v) is 19.4. The van der Waals surface area contributed by atoms with Crippen LogP contribution in [-0.2, 0) is 20.9 Å². The van der Waals surface area contributed by atoms with E-state index in [9.17, 15) is 23.6 Å². The van der Waals surface area contributed by atoms with E-state index in [2.05, 4.69) is 10.6 Å². The first-order valence-electron chi connectivity index (χ1n) is 10.3. The molecule has 0 radical (unpaired) electrons. The molecule has 3 heterocycles. The van der Waals surface area contributed by atoms with Gasteiger partial charge in [0.2, 0.25) is 17.7 Å². The summed E-state index contributed by atoms with van der Waals surface area (Å²) in [4.78, 5) is 51.0. The highest BCUT2D eigenvalue weighted by molar-refractivity contribution is 8.00. The Morgan fingerprint density at radius 2 is 1.79 bits per heavy atom. The lowest BCUT2D eigenvalue weighted by Crippen LogP contribution is -2.32. The molecule has 1 saturated heterocycles. The molecular weight excluding hydrogens is 481 g/mol. The number of thiazole rings is 1. The Balaban J connectivity index is 1.49. The predicted molar refractivity (Wildman–Crippen MR) is 125 cm³/mol. The Bertz CT molecular complexity index is 1350. The van der Waals surface area contributed by atoms with Gasteiger partial charge >= 0.3 is 4.87 Å². The third-order valence-electron chi connectivity index (χ3n) is 5.79. The van der Waals surface area contributed by atoms with Gasteiger partial charge in [0.25, 0.3) is 0 Å². The van der Waals surface area contributed by atoms with Crippen molar-refractivity contribution in [2.24, 2.45) is 5.92 Å². The van der Waals surface area contributed by atoms with Crippen molar-refractivity contribution in [3.05, 3.63) is 74.5 Å². The second-order valence-electron chi connectivity index (χ2n) is 7.85. The summed E-state index contributed by atoms with van der Waals surface area (Å²) in [5.41, 5.74) is 1.17. The minimum atomic E-state index is -0.750. The van der Waals surface area contributed by atoms with Gasteiger partial charge in [0.05, 0.1) is 18.1 Å². The zero-order valence-electron chi connectivity index (χ0n) is 17.7. The Morgan fingerprint density at radius 3 is 2.47 bits per heavy atom. The van der Waals surface area contributed by atoms with E-state index in [0.717, 1.165) is 23.1 Å². The largest absolute Gasteiger partial charge is 0.497 e. The van der Waals surface area contributed by atoms with Crippen molar-refractivity contribution in [3.63, 3.8) is 0 Å². The fourth-order valence-electron chi connectivity index (χ4n) is 4.22. The molecule has 2 aliphatic heterocycles. The van der Waals surface area contributed by atoms with Crippen LogP contribution < -0.4 is 20.2 Å². The number of thioether (sulfide) groups is 1. The number of nitrogens with one attached hydrogen (secondary N) is 2. The highest BCUT2D eigenvalue weighted by Gasteiger charge is 2.52. The number of ether oxygens (including phenoxy) is 1. The quantitative estimate of drug-likeness (QED) is 0.523. The molecule has 2 aromatic carbocycles. The van der Waals surface area contributed by atoms with Crippen molar-refractivity contribution in [1.29, 1.82) is 0 Å². The highest BCUT2D eigenvalue weighted by atomic mass is 32.2. The summed E-state index contributed by atoms with van der Waals surface area (Å²) >= 11 is 2.05. The number of benzene rings is 2. The number of carbonyl (C=O) groups is 3. The number of halogens is 1. The van der Waals surface area contributed by atoms with Gasteiger partial charge < -0.3 is 10.1 Å². The first-order valence-corrected chi connectivity index (χ1v) is 12.0. The van der Waals surface area contributed by atoms with E-state index in [4.69, 9.17) is 4.74 Å². The number of amides is 3. The number of imide groups is 1. The molecule has 0 bridgehead atoms. The number of hydrogen-bond acceptors (Lipinski definition) is 7. The van der Waals surface area contributed by atoms with Gasteiger partial charge in [-0.2, -0.15) is 0 Å². The fourth-order valence-corrected chi connectivity index (χ4v) is 6.96. The van der Waals surface area contributed by atoms with Crippen LogP contribution in [0.2, 0.25) is 0 Å². The molecule has 2 N–H and O–H groups in total. The van der Waals surface area contributed by atoms with Crippen LogP contribution in [0.25, 0.3) is 0 Å². The SMILES string of the molecule is COc1ccc(NC(=O)Cn2c3c(sc2=O)[C@@H](c2ccc(F)cc2)[C@H]2C(=O)NC(=O)[C@H]2S3)cc1. The first kappa shape index (κ1) is 22.4. The van der Waals surface area contributed by atoms with Crippen molar-refractivity contribution in [2.75, 3.05) is 12.4 Å². The van der Waals surface area contributed by atoms with Gasteiger partial charge in [-0.1, -0.05) is 35.2 Å². The second kappa shape index (κ2) is 8.73. The maximum Gasteiger partial charge on any atom is 0.308 e. The van der Waals surface area contributed by atoms with E-state index in [1.54, 1.807) is 43.5 Å². The van der Waals surface area contributed by atoms with Crippen molar-refractivity contribution in [1.82, 2.24) is 9.88 Å². The predicted octanol–water partition coefficient (Wildman–Crippen LogP) is 2.58. The molecule has 34 heavy (non-hydrogen) atoms. The lowest BCUT2D eigenvalue weighted by atomic mass is 9.83. The van der Waals surface area contributed by atoms with E-state index in [1.165, 1.54) is 16.7 Å². The molecule has 0 saturated carbocycles. The molecule has 3 atom stereocenters. The van der Waals surface area contributed by atoms with Gasteiger partial charge in [-0.05, 0) is 42.0 Å². The minimum Gasteiger partial charge on any atom is -0.497 e. The number of nitrogens with zero attached hydrogens (tertiary/aromatic N) is 1. The normalized spacial score (nSPS) is 20.9. The summed E-state index contributed by atoms with van der Waals surface area (Å²) in [6.45, 7) is -0.257. The summed E-state index contributed by atoms with van der Waals surface area (Å²) in [5.74, 6) is -2.40. The molecular formula is C23H18FN3O5S2. The smallest absolute Gasteiger partial charge is 0.308 e. The minimum absolute atomic E-state index is 0.257. The van der Waals surface area contributed by atoms with E-state index in [0.29, 0.717) is 26.9 Å². The molecule has 3 aromatic rings. The molecule has 11 heteroatoms. The second-order valence-corrected chi connectivity index (χ2v) is 9.97. The van der Waals surface area contributed by atoms with Gasteiger partial charge in [-0.3, -0.25) is 29.1 Å². The average molecular weight is 500 g/mol. The third-order valence-corrected chi connectivity index (χ3v) is 8.41. The van der Waals surface area contributed by atoms with Crippen LogP contribution in [0.4, 0.5) is 10.1 Å². The van der Waals surface area contributed by atoms with Crippen molar-refractivity contribution < 1.29 is 23.5 Å². The highest BCUT2D eigenvalue weighted by Crippen LogP contribution is 2.51. The summed E-state index contributed by atoms with van der Waals surface area (Å²) in [6.07, 6.45) is 0. The lowest BCUT2D eigenvalue weighted by Gasteiger charge is -2.30. The summed E-state index contributed by atoms with van der Waals surface area (Å²) in [7, 11) is 1.54. The summed E-state index contributed by atoms with van der Waals surface area (Å²) in [6, 6.07) is 12.4. The molecule has 0 unspecified atom stereocenters. The van der Waals surface area contributed by atoms with E-state index >= 15 is 0 Å².